The van der Waals surface area contributed by atoms with E-state index in [1.54, 1.807) is 35.5 Å². The van der Waals surface area contributed by atoms with Gasteiger partial charge in [0.1, 0.15) is 0 Å². The largest absolute Gasteiger partial charge is 0.333 e. The number of benzene rings is 1. The van der Waals surface area contributed by atoms with Crippen LogP contribution >= 0.6 is 22.9 Å². The molecule has 4 aromatic rings. The molecule has 1 fully saturated rings. The minimum atomic E-state index is -0.274. The molecule has 1 amide bonds. The molecule has 10 heteroatoms. The number of aryl methyl sites for hydroxylation is 3. The summed E-state index contributed by atoms with van der Waals surface area (Å²) in [6, 6.07) is 5.83. The van der Waals surface area contributed by atoms with Crippen LogP contribution in [0.15, 0.2) is 41.6 Å². The van der Waals surface area contributed by atoms with Gasteiger partial charge in [0.2, 0.25) is 0 Å². The summed E-state index contributed by atoms with van der Waals surface area (Å²) in [6.07, 6.45) is 8.80. The quantitative estimate of drug-likeness (QED) is 0.314. The SMILES string of the molecule is CCn1cc(Nc2nc(-c3ccc(C)c(NC(=O)c4cc5c(s4)C4CCC5C4)c3Cl)cn(C)c2=O)cn1. The van der Waals surface area contributed by atoms with Gasteiger partial charge in [-0.05, 0) is 62.1 Å². The standard InChI is InChI=1S/C27H27ClN6O2S/c1-4-34-12-17(11-29-34)30-25-27(36)33(3)13-20(31-25)18-8-5-14(2)23(22(18)28)32-26(35)21-10-19-15-6-7-16(9-15)24(19)37-21/h5,8,10-13,15-16H,4,6-7,9H2,1-3H3,(H,30,31)(H,32,35). The third kappa shape index (κ3) is 4.16. The topological polar surface area (TPSA) is 93.8 Å². The molecule has 8 nitrogen and oxygen atoms in total. The normalized spacial score (nSPS) is 17.7. The summed E-state index contributed by atoms with van der Waals surface area (Å²) in [5, 5.41) is 10.7. The first-order valence-electron chi connectivity index (χ1n) is 12.4. The van der Waals surface area contributed by atoms with Crippen molar-refractivity contribution in [3.8, 4) is 11.3 Å². The molecule has 37 heavy (non-hydrogen) atoms. The smallest absolute Gasteiger partial charge is 0.293 e. The van der Waals surface area contributed by atoms with Gasteiger partial charge in [-0.1, -0.05) is 23.7 Å². The van der Waals surface area contributed by atoms with E-state index in [1.165, 1.54) is 34.3 Å². The predicted octanol–water partition coefficient (Wildman–Crippen LogP) is 6.05. The van der Waals surface area contributed by atoms with E-state index in [1.807, 2.05) is 32.2 Å². The van der Waals surface area contributed by atoms with Crippen LogP contribution in [0.1, 0.15) is 63.7 Å². The van der Waals surface area contributed by atoms with Crippen LogP contribution in [0.25, 0.3) is 11.3 Å². The van der Waals surface area contributed by atoms with Gasteiger partial charge in [-0.15, -0.1) is 11.3 Å². The van der Waals surface area contributed by atoms with E-state index in [4.69, 9.17) is 11.6 Å². The highest BCUT2D eigenvalue weighted by molar-refractivity contribution is 7.14. The second-order valence-corrected chi connectivity index (χ2v) is 11.3. The lowest BCUT2D eigenvalue weighted by Crippen LogP contribution is -2.21. The summed E-state index contributed by atoms with van der Waals surface area (Å²) < 4.78 is 3.22. The number of hydrogen-bond donors (Lipinski definition) is 2. The van der Waals surface area contributed by atoms with Crippen LogP contribution in [0.5, 0.6) is 0 Å². The maximum Gasteiger partial charge on any atom is 0.293 e. The molecular weight excluding hydrogens is 508 g/mol. The van der Waals surface area contributed by atoms with Gasteiger partial charge in [0.25, 0.3) is 11.5 Å². The number of amides is 1. The third-order valence-electron chi connectivity index (χ3n) is 7.41. The Kier molecular flexibility index (Phi) is 5.92. The highest BCUT2D eigenvalue weighted by atomic mass is 35.5. The number of fused-ring (bicyclic) bond motifs is 5. The van der Waals surface area contributed by atoms with E-state index in [9.17, 15) is 9.59 Å². The number of aromatic nitrogens is 4. The lowest BCUT2D eigenvalue weighted by molar-refractivity contribution is 0.103. The monoisotopic (exact) mass is 534 g/mol. The molecule has 0 saturated heterocycles. The zero-order chi connectivity index (χ0) is 25.8. The number of thiophene rings is 1. The number of hydrogen-bond acceptors (Lipinski definition) is 6. The average molecular weight is 535 g/mol. The third-order valence-corrected chi connectivity index (χ3v) is 9.12. The summed E-state index contributed by atoms with van der Waals surface area (Å²) in [4.78, 5) is 32.7. The fourth-order valence-electron chi connectivity index (χ4n) is 5.43. The van der Waals surface area contributed by atoms with Crippen molar-refractivity contribution in [3.05, 3.63) is 73.0 Å². The molecule has 2 bridgehead atoms. The molecule has 2 aliphatic rings. The van der Waals surface area contributed by atoms with Crippen LogP contribution in [0.3, 0.4) is 0 Å². The Labute approximate surface area is 223 Å². The van der Waals surface area contributed by atoms with Crippen molar-refractivity contribution < 1.29 is 4.79 Å². The predicted molar refractivity (Wildman–Crippen MR) is 147 cm³/mol. The van der Waals surface area contributed by atoms with Gasteiger partial charge in [0.15, 0.2) is 5.82 Å². The van der Waals surface area contributed by atoms with E-state index in [0.29, 0.717) is 39.5 Å². The lowest BCUT2D eigenvalue weighted by atomic mass is 9.99. The number of rotatable bonds is 6. The number of nitrogens with zero attached hydrogens (tertiary/aromatic N) is 4. The first-order chi connectivity index (χ1) is 17.8. The lowest BCUT2D eigenvalue weighted by Gasteiger charge is -2.15. The summed E-state index contributed by atoms with van der Waals surface area (Å²) in [6.45, 7) is 4.61. The van der Waals surface area contributed by atoms with Crippen molar-refractivity contribution in [2.45, 2.75) is 51.5 Å². The Hall–Kier alpha value is -3.43. The summed E-state index contributed by atoms with van der Waals surface area (Å²) >= 11 is 8.48. The minimum Gasteiger partial charge on any atom is -0.333 e. The number of carbonyl (C=O) groups excluding carboxylic acids is 1. The molecule has 2 atom stereocenters. The molecule has 1 aromatic carbocycles. The van der Waals surface area contributed by atoms with Crippen molar-refractivity contribution >= 4 is 46.0 Å². The van der Waals surface area contributed by atoms with E-state index in [0.717, 1.165) is 17.0 Å². The van der Waals surface area contributed by atoms with Gasteiger partial charge in [0, 0.05) is 36.4 Å². The molecule has 3 aromatic heterocycles. The van der Waals surface area contributed by atoms with E-state index in [-0.39, 0.29) is 17.3 Å². The summed E-state index contributed by atoms with van der Waals surface area (Å²) in [5.41, 5.74) is 4.29. The maximum absolute atomic E-state index is 13.3. The van der Waals surface area contributed by atoms with Crippen LogP contribution in [-0.4, -0.2) is 25.2 Å². The second kappa shape index (κ2) is 9.15. The Balaban J connectivity index is 1.31. The molecule has 0 radical (unpaired) electrons. The van der Waals surface area contributed by atoms with Gasteiger partial charge in [-0.2, -0.15) is 5.10 Å². The molecule has 1 saturated carbocycles. The second-order valence-electron chi connectivity index (χ2n) is 9.81. The van der Waals surface area contributed by atoms with E-state index >= 15 is 0 Å². The molecule has 2 aliphatic carbocycles. The number of nitrogens with one attached hydrogen (secondary N) is 2. The molecule has 3 heterocycles. The van der Waals surface area contributed by atoms with Crippen LogP contribution < -0.4 is 16.2 Å². The zero-order valence-electron chi connectivity index (χ0n) is 20.8. The van der Waals surface area contributed by atoms with Crippen molar-refractivity contribution in [3.63, 3.8) is 0 Å². The number of carbonyl (C=O) groups is 1. The molecular formula is C27H27ClN6O2S. The first-order valence-corrected chi connectivity index (χ1v) is 13.6. The van der Waals surface area contributed by atoms with Crippen molar-refractivity contribution in [1.82, 2.24) is 19.3 Å². The van der Waals surface area contributed by atoms with Crippen molar-refractivity contribution in [2.24, 2.45) is 7.05 Å². The Morgan fingerprint density at radius 1 is 1.24 bits per heavy atom. The average Bonchev–Trinajstić information content (AvgIpc) is 3.66. The highest BCUT2D eigenvalue weighted by Crippen LogP contribution is 2.56. The Bertz CT molecular complexity index is 1580. The van der Waals surface area contributed by atoms with Crippen LogP contribution in [0.2, 0.25) is 5.02 Å². The van der Waals surface area contributed by atoms with Gasteiger partial charge in [-0.25, -0.2) is 4.98 Å². The zero-order valence-corrected chi connectivity index (χ0v) is 22.4. The minimum absolute atomic E-state index is 0.148. The maximum atomic E-state index is 13.3. The fourth-order valence-corrected chi connectivity index (χ4v) is 7.07. The molecule has 190 valence electrons. The summed E-state index contributed by atoms with van der Waals surface area (Å²) in [5.74, 6) is 1.25. The molecule has 2 unspecified atom stereocenters. The van der Waals surface area contributed by atoms with Crippen LogP contribution in [-0.2, 0) is 13.6 Å². The van der Waals surface area contributed by atoms with E-state index < -0.39 is 0 Å². The Morgan fingerprint density at radius 3 is 2.81 bits per heavy atom. The number of anilines is 3. The van der Waals surface area contributed by atoms with E-state index in [2.05, 4.69) is 26.8 Å². The summed E-state index contributed by atoms with van der Waals surface area (Å²) in [7, 11) is 1.67. The molecule has 0 aliphatic heterocycles. The fraction of sp³-hybridized carbons (Fsp3) is 0.333. The van der Waals surface area contributed by atoms with Crippen molar-refractivity contribution in [1.29, 1.82) is 0 Å². The van der Waals surface area contributed by atoms with Crippen LogP contribution in [0.4, 0.5) is 17.2 Å². The van der Waals surface area contributed by atoms with Gasteiger partial charge >= 0.3 is 0 Å². The molecule has 0 spiro atoms. The Morgan fingerprint density at radius 2 is 2.05 bits per heavy atom. The van der Waals surface area contributed by atoms with Crippen molar-refractivity contribution in [2.75, 3.05) is 10.6 Å². The molecule has 6 rings (SSSR count). The molecule has 2 N–H and O–H groups in total. The van der Waals surface area contributed by atoms with Gasteiger partial charge < -0.3 is 15.2 Å². The van der Waals surface area contributed by atoms with Gasteiger partial charge in [-0.3, -0.25) is 14.3 Å². The van der Waals surface area contributed by atoms with Gasteiger partial charge in [0.05, 0.1) is 33.2 Å². The van der Waals surface area contributed by atoms with Crippen LogP contribution in [0, 0.1) is 6.92 Å². The highest BCUT2D eigenvalue weighted by Gasteiger charge is 2.39. The first kappa shape index (κ1) is 23.9. The number of halogens is 1.